The molecule has 0 N–H and O–H groups in total. The molecule has 0 bridgehead atoms. The van der Waals surface area contributed by atoms with Crippen molar-refractivity contribution >= 4 is 18.4 Å². The molecule has 0 unspecified atom stereocenters. The fourth-order valence-electron chi connectivity index (χ4n) is 2.53. The van der Waals surface area contributed by atoms with Crippen LogP contribution in [-0.2, 0) is 15.9 Å². The van der Waals surface area contributed by atoms with Crippen molar-refractivity contribution in [3.05, 3.63) is 36.3 Å². The number of aromatic nitrogens is 3. The predicted molar refractivity (Wildman–Crippen MR) is 95.6 cm³/mol. The van der Waals surface area contributed by atoms with Crippen molar-refractivity contribution in [1.82, 2.24) is 14.8 Å². The van der Waals surface area contributed by atoms with E-state index in [2.05, 4.69) is 43.8 Å². The maximum Gasteiger partial charge on any atom is 0.498 e. The molecule has 24 heavy (non-hydrogen) atoms. The molecule has 1 aliphatic rings. The highest BCUT2D eigenvalue weighted by molar-refractivity contribution is 6.61. The van der Waals surface area contributed by atoms with Crippen LogP contribution >= 0.6 is 0 Å². The van der Waals surface area contributed by atoms with Gasteiger partial charge in [-0.2, -0.15) is 5.10 Å². The van der Waals surface area contributed by atoms with Gasteiger partial charge >= 0.3 is 7.12 Å². The van der Waals surface area contributed by atoms with Crippen molar-refractivity contribution in [1.29, 1.82) is 0 Å². The Morgan fingerprint density at radius 2 is 1.75 bits per heavy atom. The molecule has 0 spiro atoms. The van der Waals surface area contributed by atoms with Gasteiger partial charge in [-0.15, -0.1) is 0 Å². The summed E-state index contributed by atoms with van der Waals surface area (Å²) in [5.41, 5.74) is 1.35. The summed E-state index contributed by atoms with van der Waals surface area (Å²) in [5.74, 6) is 0.942. The SMILES string of the molecule is CN(C)c1ccc(Cn2cc(B3OC(C)(C)C(C)(C)O3)cn2)cn1. The lowest BCUT2D eigenvalue weighted by Gasteiger charge is -2.32. The smallest absolute Gasteiger partial charge is 0.399 e. The fraction of sp³-hybridized carbons (Fsp3) is 0.529. The predicted octanol–water partition coefficient (Wildman–Crippen LogP) is 1.69. The van der Waals surface area contributed by atoms with E-state index in [1.165, 1.54) is 0 Å². The molecule has 6 nitrogen and oxygen atoms in total. The van der Waals surface area contributed by atoms with Crippen LogP contribution in [0.3, 0.4) is 0 Å². The Hall–Kier alpha value is -1.86. The van der Waals surface area contributed by atoms with Gasteiger partial charge < -0.3 is 14.2 Å². The third-order valence-corrected chi connectivity index (χ3v) is 4.79. The van der Waals surface area contributed by atoms with E-state index in [0.29, 0.717) is 6.54 Å². The Bertz CT molecular complexity index is 694. The van der Waals surface area contributed by atoms with E-state index >= 15 is 0 Å². The van der Waals surface area contributed by atoms with Gasteiger partial charge in [0.05, 0.1) is 17.7 Å². The van der Waals surface area contributed by atoms with E-state index in [-0.39, 0.29) is 18.3 Å². The monoisotopic (exact) mass is 328 g/mol. The van der Waals surface area contributed by atoms with Crippen molar-refractivity contribution in [3.8, 4) is 0 Å². The van der Waals surface area contributed by atoms with Crippen LogP contribution in [-0.4, -0.2) is 47.2 Å². The quantitative estimate of drug-likeness (QED) is 0.800. The van der Waals surface area contributed by atoms with Crippen LogP contribution in [0.2, 0.25) is 0 Å². The summed E-state index contributed by atoms with van der Waals surface area (Å²) in [5, 5.41) is 4.43. The first kappa shape index (κ1) is 17.0. The van der Waals surface area contributed by atoms with Crippen LogP contribution in [0.15, 0.2) is 30.7 Å². The fourth-order valence-corrected chi connectivity index (χ4v) is 2.53. The Labute approximate surface area is 143 Å². The van der Waals surface area contributed by atoms with Crippen molar-refractivity contribution < 1.29 is 9.31 Å². The highest BCUT2D eigenvalue weighted by atomic mass is 16.7. The zero-order valence-corrected chi connectivity index (χ0v) is 15.3. The van der Waals surface area contributed by atoms with Crippen LogP contribution in [0.1, 0.15) is 33.3 Å². The number of rotatable bonds is 4. The second-order valence-electron chi connectivity index (χ2n) is 7.48. The number of anilines is 1. The number of pyridine rings is 1. The molecular formula is C17H25BN4O2. The van der Waals surface area contributed by atoms with E-state index in [1.54, 1.807) is 0 Å². The Morgan fingerprint density at radius 3 is 2.29 bits per heavy atom. The summed E-state index contributed by atoms with van der Waals surface area (Å²) in [6.07, 6.45) is 5.66. The van der Waals surface area contributed by atoms with Crippen LogP contribution < -0.4 is 10.4 Å². The normalized spacial score (nSPS) is 18.8. The van der Waals surface area contributed by atoms with Crippen LogP contribution in [0.25, 0.3) is 0 Å². The molecule has 0 atom stereocenters. The molecule has 2 aromatic rings. The summed E-state index contributed by atoms with van der Waals surface area (Å²) in [4.78, 5) is 6.41. The molecule has 0 aromatic carbocycles. The number of hydrogen-bond acceptors (Lipinski definition) is 5. The largest absolute Gasteiger partial charge is 0.498 e. The van der Waals surface area contributed by atoms with Gasteiger partial charge in [-0.05, 0) is 39.3 Å². The average Bonchev–Trinajstić information content (AvgIpc) is 3.02. The first-order valence-electron chi connectivity index (χ1n) is 8.18. The molecule has 1 aliphatic heterocycles. The Balaban J connectivity index is 1.70. The molecule has 128 valence electrons. The van der Waals surface area contributed by atoms with Gasteiger partial charge in [-0.25, -0.2) is 4.98 Å². The Morgan fingerprint density at radius 1 is 1.08 bits per heavy atom. The lowest BCUT2D eigenvalue weighted by Crippen LogP contribution is -2.41. The summed E-state index contributed by atoms with van der Waals surface area (Å²) < 4.78 is 14.0. The van der Waals surface area contributed by atoms with Crippen molar-refractivity contribution in [3.63, 3.8) is 0 Å². The lowest BCUT2D eigenvalue weighted by atomic mass is 9.82. The van der Waals surface area contributed by atoms with Crippen LogP contribution in [0.5, 0.6) is 0 Å². The van der Waals surface area contributed by atoms with Gasteiger partial charge in [0.15, 0.2) is 0 Å². The topological polar surface area (TPSA) is 52.4 Å². The van der Waals surface area contributed by atoms with Crippen molar-refractivity contribution in [2.75, 3.05) is 19.0 Å². The molecule has 1 saturated heterocycles. The minimum Gasteiger partial charge on any atom is -0.399 e. The van der Waals surface area contributed by atoms with Gasteiger partial charge in [-0.3, -0.25) is 4.68 Å². The molecule has 0 radical (unpaired) electrons. The first-order valence-corrected chi connectivity index (χ1v) is 8.18. The molecule has 0 saturated carbocycles. The van der Waals surface area contributed by atoms with Gasteiger partial charge in [0.1, 0.15) is 5.82 Å². The third-order valence-electron chi connectivity index (χ3n) is 4.79. The zero-order valence-electron chi connectivity index (χ0n) is 15.3. The lowest BCUT2D eigenvalue weighted by molar-refractivity contribution is 0.00578. The van der Waals surface area contributed by atoms with E-state index in [4.69, 9.17) is 9.31 Å². The molecule has 3 heterocycles. The van der Waals surface area contributed by atoms with E-state index < -0.39 is 0 Å². The van der Waals surface area contributed by atoms with E-state index in [0.717, 1.165) is 16.8 Å². The molecule has 7 heteroatoms. The maximum absolute atomic E-state index is 6.06. The third kappa shape index (κ3) is 3.19. The van der Waals surface area contributed by atoms with Crippen molar-refractivity contribution in [2.45, 2.75) is 45.4 Å². The highest BCUT2D eigenvalue weighted by Crippen LogP contribution is 2.36. The second kappa shape index (κ2) is 5.90. The second-order valence-corrected chi connectivity index (χ2v) is 7.48. The molecule has 3 rings (SSSR count). The standard InChI is InChI=1S/C17H25BN4O2/c1-16(2)17(3,4)24-18(23-16)14-10-20-22(12-14)11-13-7-8-15(19-9-13)21(5)6/h7-10,12H,11H2,1-6H3. The van der Waals surface area contributed by atoms with Crippen LogP contribution in [0, 0.1) is 0 Å². The minimum atomic E-state index is -0.377. The summed E-state index contributed by atoms with van der Waals surface area (Å²) in [6.45, 7) is 8.87. The van der Waals surface area contributed by atoms with Gasteiger partial charge in [0.25, 0.3) is 0 Å². The molecule has 0 amide bonds. The molecular weight excluding hydrogens is 303 g/mol. The first-order chi connectivity index (χ1) is 11.2. The van der Waals surface area contributed by atoms with Gasteiger partial charge in [0.2, 0.25) is 0 Å². The zero-order chi connectivity index (χ0) is 17.5. The summed E-state index contributed by atoms with van der Waals surface area (Å²) in [7, 11) is 3.58. The number of nitrogens with zero attached hydrogens (tertiary/aromatic N) is 4. The average molecular weight is 328 g/mol. The van der Waals surface area contributed by atoms with E-state index in [9.17, 15) is 0 Å². The summed E-state index contributed by atoms with van der Waals surface area (Å²) in [6, 6.07) is 4.08. The maximum atomic E-state index is 6.06. The van der Waals surface area contributed by atoms with Gasteiger partial charge in [-0.1, -0.05) is 6.07 Å². The van der Waals surface area contributed by atoms with Gasteiger partial charge in [0, 0.05) is 38.1 Å². The molecule has 1 fully saturated rings. The summed E-state index contributed by atoms with van der Waals surface area (Å²) >= 11 is 0. The van der Waals surface area contributed by atoms with Crippen LogP contribution in [0.4, 0.5) is 5.82 Å². The number of hydrogen-bond donors (Lipinski definition) is 0. The minimum absolute atomic E-state index is 0.342. The Kier molecular flexibility index (Phi) is 4.17. The molecule has 0 aliphatic carbocycles. The van der Waals surface area contributed by atoms with Crippen molar-refractivity contribution in [2.24, 2.45) is 0 Å². The van der Waals surface area contributed by atoms with E-state index in [1.807, 2.05) is 48.3 Å². The highest BCUT2D eigenvalue weighted by Gasteiger charge is 2.52. The molecule has 2 aromatic heterocycles.